The van der Waals surface area contributed by atoms with Crippen LogP contribution in [0.25, 0.3) is 0 Å². The Labute approximate surface area is 154 Å². The summed E-state index contributed by atoms with van der Waals surface area (Å²) in [5.41, 5.74) is 3.98. The van der Waals surface area contributed by atoms with Crippen LogP contribution in [0, 0.1) is 5.82 Å². The predicted octanol–water partition coefficient (Wildman–Crippen LogP) is 6.33. The lowest BCUT2D eigenvalue weighted by Crippen LogP contribution is -2.19. The average molecular weight is 362 g/mol. The Kier molecular flexibility index (Phi) is 6.53. The van der Waals surface area contributed by atoms with E-state index in [-0.39, 0.29) is 17.7 Å². The lowest BCUT2D eigenvalue weighted by molar-refractivity contribution is 0.594. The van der Waals surface area contributed by atoms with Crippen LogP contribution in [0.15, 0.2) is 41.3 Å². The van der Waals surface area contributed by atoms with Crippen molar-refractivity contribution in [2.24, 2.45) is 0 Å². The topological polar surface area (TPSA) is 35.1 Å². The Morgan fingerprint density at radius 3 is 1.88 bits per heavy atom. The summed E-state index contributed by atoms with van der Waals surface area (Å²) in [6.45, 7) is 12.8. The summed E-state index contributed by atoms with van der Waals surface area (Å²) in [4.78, 5) is 0.832. The first-order valence-electron chi connectivity index (χ1n) is 8.82. The van der Waals surface area contributed by atoms with Crippen LogP contribution in [-0.2, 0) is 11.4 Å². The summed E-state index contributed by atoms with van der Waals surface area (Å²) in [7, 11) is 0. The van der Waals surface area contributed by atoms with Crippen molar-refractivity contribution in [1.82, 2.24) is 0 Å². The minimum Gasteiger partial charge on any atom is -0.588 e. The molecule has 2 nitrogen and oxygen atoms in total. The Balaban J connectivity index is 2.53. The Hall–Kier alpha value is -1.52. The smallest absolute Gasteiger partial charge is 0.186 e. The van der Waals surface area contributed by atoms with Gasteiger partial charge in [0, 0.05) is 17.2 Å². The fraction of sp³-hybridized carbons (Fsp3) is 0.429. The van der Waals surface area contributed by atoms with Gasteiger partial charge in [-0.2, -0.15) is 0 Å². The van der Waals surface area contributed by atoms with Gasteiger partial charge in [0.05, 0.1) is 5.69 Å². The summed E-state index contributed by atoms with van der Waals surface area (Å²) in [6.07, 6.45) is 0. The molecule has 0 aliphatic carbocycles. The molecule has 0 aromatic heterocycles. The SMILES string of the molecule is CC(C)c1cc(C(C)C)c([S+]([O-])Nc2cccc(F)c2)c(C(C)C)c1. The van der Waals surface area contributed by atoms with Crippen molar-refractivity contribution in [2.75, 3.05) is 4.72 Å². The van der Waals surface area contributed by atoms with Gasteiger partial charge >= 0.3 is 0 Å². The Morgan fingerprint density at radius 2 is 1.44 bits per heavy atom. The standard InChI is InChI=1S/C21H28FNOS/c1-13(2)16-10-19(14(3)4)21(20(11-16)15(5)6)25(24)23-18-9-7-8-17(22)12-18/h7-15,23H,1-6H3. The molecule has 2 aromatic rings. The Bertz CT molecular complexity index is 699. The highest BCUT2D eigenvalue weighted by atomic mass is 32.2. The fourth-order valence-corrected chi connectivity index (χ4v) is 4.27. The first-order chi connectivity index (χ1) is 11.7. The van der Waals surface area contributed by atoms with Gasteiger partial charge in [0.25, 0.3) is 0 Å². The molecule has 1 unspecified atom stereocenters. The number of hydrogen-bond donors (Lipinski definition) is 1. The molecule has 0 fully saturated rings. The van der Waals surface area contributed by atoms with Crippen LogP contribution < -0.4 is 4.72 Å². The third kappa shape index (κ3) is 4.77. The van der Waals surface area contributed by atoms with Crippen molar-refractivity contribution in [3.63, 3.8) is 0 Å². The van der Waals surface area contributed by atoms with E-state index in [1.807, 2.05) is 0 Å². The van der Waals surface area contributed by atoms with Crippen molar-refractivity contribution in [1.29, 1.82) is 0 Å². The highest BCUT2D eigenvalue weighted by Gasteiger charge is 2.26. The maximum absolute atomic E-state index is 13.4. The predicted molar refractivity (Wildman–Crippen MR) is 105 cm³/mol. The molecule has 136 valence electrons. The maximum Gasteiger partial charge on any atom is 0.186 e. The van der Waals surface area contributed by atoms with Gasteiger partial charge in [0.2, 0.25) is 0 Å². The first-order valence-corrected chi connectivity index (χ1v) is 9.97. The molecule has 0 amide bonds. The summed E-state index contributed by atoms with van der Waals surface area (Å²) in [6, 6.07) is 10.4. The molecule has 1 atom stereocenters. The summed E-state index contributed by atoms with van der Waals surface area (Å²) >= 11 is -1.45. The second-order valence-corrected chi connectivity index (χ2v) is 8.52. The molecule has 1 N–H and O–H groups in total. The third-order valence-corrected chi connectivity index (χ3v) is 5.56. The van der Waals surface area contributed by atoms with Gasteiger partial charge in [-0.05, 0) is 35.4 Å². The molecular formula is C21H28FNOS. The van der Waals surface area contributed by atoms with E-state index in [2.05, 4.69) is 58.4 Å². The van der Waals surface area contributed by atoms with E-state index in [4.69, 9.17) is 0 Å². The lowest BCUT2D eigenvalue weighted by atomic mass is 9.89. The van der Waals surface area contributed by atoms with Gasteiger partial charge in [0.1, 0.15) is 17.2 Å². The van der Waals surface area contributed by atoms with Crippen LogP contribution in [0.2, 0.25) is 0 Å². The van der Waals surface area contributed by atoms with Gasteiger partial charge in [-0.15, -0.1) is 0 Å². The van der Waals surface area contributed by atoms with Gasteiger partial charge < -0.3 is 4.55 Å². The quantitative estimate of drug-likeness (QED) is 0.610. The van der Waals surface area contributed by atoms with Gasteiger partial charge in [0.15, 0.2) is 4.90 Å². The van der Waals surface area contributed by atoms with Crippen molar-refractivity contribution < 1.29 is 8.94 Å². The molecule has 25 heavy (non-hydrogen) atoms. The molecule has 0 heterocycles. The van der Waals surface area contributed by atoms with Crippen LogP contribution in [0.5, 0.6) is 0 Å². The third-order valence-electron chi connectivity index (χ3n) is 4.30. The zero-order valence-corrected chi connectivity index (χ0v) is 16.7. The second-order valence-electron chi connectivity index (χ2n) is 7.37. The van der Waals surface area contributed by atoms with Crippen LogP contribution in [0.3, 0.4) is 0 Å². The number of hydrogen-bond acceptors (Lipinski definition) is 2. The molecule has 0 spiro atoms. The maximum atomic E-state index is 13.4. The van der Waals surface area contributed by atoms with E-state index in [9.17, 15) is 8.94 Å². The van der Waals surface area contributed by atoms with E-state index in [0.29, 0.717) is 11.6 Å². The highest BCUT2D eigenvalue weighted by molar-refractivity contribution is 7.92. The molecule has 0 aliphatic rings. The van der Waals surface area contributed by atoms with Gasteiger partial charge in [-0.3, -0.25) is 0 Å². The molecule has 2 aromatic carbocycles. The van der Waals surface area contributed by atoms with Crippen molar-refractivity contribution >= 4 is 17.0 Å². The minimum atomic E-state index is -1.45. The summed E-state index contributed by atoms with van der Waals surface area (Å²) < 4.78 is 29.5. The van der Waals surface area contributed by atoms with E-state index in [1.54, 1.807) is 12.1 Å². The molecule has 0 bridgehead atoms. The number of anilines is 1. The Morgan fingerprint density at radius 1 is 0.880 bits per heavy atom. The summed E-state index contributed by atoms with van der Waals surface area (Å²) in [5, 5.41) is 0. The lowest BCUT2D eigenvalue weighted by Gasteiger charge is -2.23. The minimum absolute atomic E-state index is 0.254. The van der Waals surface area contributed by atoms with Crippen molar-refractivity contribution in [3.05, 3.63) is 58.9 Å². The van der Waals surface area contributed by atoms with E-state index >= 15 is 0 Å². The average Bonchev–Trinajstić information content (AvgIpc) is 2.53. The van der Waals surface area contributed by atoms with Crippen LogP contribution in [0.1, 0.15) is 76.0 Å². The zero-order valence-electron chi connectivity index (χ0n) is 15.9. The molecule has 0 saturated carbocycles. The van der Waals surface area contributed by atoms with Crippen molar-refractivity contribution in [2.45, 2.75) is 64.2 Å². The normalized spacial score (nSPS) is 12.9. The number of rotatable bonds is 6. The fourth-order valence-electron chi connectivity index (χ4n) is 2.81. The number of halogens is 1. The molecule has 0 saturated heterocycles. The van der Waals surface area contributed by atoms with Crippen LogP contribution in [-0.4, -0.2) is 4.55 Å². The van der Waals surface area contributed by atoms with Gasteiger partial charge in [-0.25, -0.2) is 9.11 Å². The molecule has 0 aliphatic heterocycles. The summed E-state index contributed by atoms with van der Waals surface area (Å²) in [5.74, 6) is 0.577. The van der Waals surface area contributed by atoms with Crippen LogP contribution >= 0.6 is 0 Å². The molecular weight excluding hydrogens is 333 g/mol. The molecule has 0 radical (unpaired) electrons. The van der Waals surface area contributed by atoms with Crippen molar-refractivity contribution in [3.8, 4) is 0 Å². The van der Waals surface area contributed by atoms with Crippen LogP contribution in [0.4, 0.5) is 10.1 Å². The van der Waals surface area contributed by atoms with E-state index in [0.717, 1.165) is 16.0 Å². The highest BCUT2D eigenvalue weighted by Crippen LogP contribution is 2.35. The second kappa shape index (κ2) is 8.24. The first kappa shape index (κ1) is 19.8. The largest absolute Gasteiger partial charge is 0.588 e. The van der Waals surface area contributed by atoms with E-state index in [1.165, 1.54) is 17.7 Å². The number of benzene rings is 2. The molecule has 4 heteroatoms. The molecule has 2 rings (SSSR count). The monoisotopic (exact) mass is 361 g/mol. The number of nitrogens with one attached hydrogen (secondary N) is 1. The van der Waals surface area contributed by atoms with Gasteiger partial charge in [-0.1, -0.05) is 59.7 Å². The van der Waals surface area contributed by atoms with E-state index < -0.39 is 11.4 Å². The zero-order chi connectivity index (χ0) is 18.7.